The second-order valence-electron chi connectivity index (χ2n) is 3.43. The van der Waals surface area contributed by atoms with Crippen molar-refractivity contribution < 1.29 is 0 Å². The highest BCUT2D eigenvalue weighted by Crippen LogP contribution is 2.34. The molecule has 1 N–H and O–H groups in total. The molecule has 0 radical (unpaired) electrons. The highest BCUT2D eigenvalue weighted by molar-refractivity contribution is 9.10. The zero-order chi connectivity index (χ0) is 13.0. The fourth-order valence-corrected chi connectivity index (χ4v) is 2.83. The van der Waals surface area contributed by atoms with E-state index in [-0.39, 0.29) is 0 Å². The molecule has 0 saturated heterocycles. The van der Waals surface area contributed by atoms with Crippen molar-refractivity contribution in [3.05, 3.63) is 40.1 Å². The van der Waals surface area contributed by atoms with Gasteiger partial charge in [0, 0.05) is 16.5 Å². The first-order valence-electron chi connectivity index (χ1n) is 5.38. The van der Waals surface area contributed by atoms with Gasteiger partial charge in [0.25, 0.3) is 0 Å². The van der Waals surface area contributed by atoms with E-state index in [0.29, 0.717) is 0 Å². The van der Waals surface area contributed by atoms with Crippen LogP contribution in [0.5, 0.6) is 0 Å². The van der Waals surface area contributed by atoms with E-state index in [1.54, 1.807) is 18.1 Å². The van der Waals surface area contributed by atoms with Crippen LogP contribution in [0.2, 0.25) is 5.02 Å². The third-order valence-corrected chi connectivity index (χ3v) is 4.41. The molecule has 1 heterocycles. The van der Waals surface area contributed by atoms with Crippen LogP contribution < -0.4 is 5.32 Å². The average molecular weight is 345 g/mol. The average Bonchev–Trinajstić information content (AvgIpc) is 2.37. The SMILES string of the molecule is CCNc1ncnc(Sc2ccc(Cl)cc2)c1Br. The van der Waals surface area contributed by atoms with Crippen molar-refractivity contribution in [3.63, 3.8) is 0 Å². The van der Waals surface area contributed by atoms with Gasteiger partial charge in [0.2, 0.25) is 0 Å². The largest absolute Gasteiger partial charge is 0.369 e. The van der Waals surface area contributed by atoms with Gasteiger partial charge in [0.1, 0.15) is 17.2 Å². The Morgan fingerprint density at radius 3 is 2.67 bits per heavy atom. The zero-order valence-electron chi connectivity index (χ0n) is 9.65. The molecule has 1 aromatic heterocycles. The van der Waals surface area contributed by atoms with E-state index in [1.165, 1.54) is 0 Å². The highest BCUT2D eigenvalue weighted by Gasteiger charge is 2.09. The number of halogens is 2. The summed E-state index contributed by atoms with van der Waals surface area (Å²) in [6.07, 6.45) is 1.56. The number of nitrogens with zero attached hydrogens (tertiary/aromatic N) is 2. The van der Waals surface area contributed by atoms with Gasteiger partial charge in [-0.25, -0.2) is 9.97 Å². The predicted octanol–water partition coefficient (Wildman–Crippen LogP) is 4.48. The van der Waals surface area contributed by atoms with Gasteiger partial charge in [-0.3, -0.25) is 0 Å². The van der Waals surface area contributed by atoms with E-state index < -0.39 is 0 Å². The Balaban J connectivity index is 2.23. The summed E-state index contributed by atoms with van der Waals surface area (Å²) in [5, 5.41) is 4.79. The van der Waals surface area contributed by atoms with Gasteiger partial charge in [-0.2, -0.15) is 0 Å². The molecule has 2 rings (SSSR count). The molecular weight excluding hydrogens is 334 g/mol. The summed E-state index contributed by atoms with van der Waals surface area (Å²) in [6.45, 7) is 2.85. The summed E-state index contributed by atoms with van der Waals surface area (Å²) < 4.78 is 0.881. The van der Waals surface area contributed by atoms with E-state index in [0.717, 1.165) is 31.8 Å². The first-order chi connectivity index (χ1) is 8.70. The maximum absolute atomic E-state index is 5.86. The fraction of sp³-hybridized carbons (Fsp3) is 0.167. The van der Waals surface area contributed by atoms with Gasteiger partial charge >= 0.3 is 0 Å². The first-order valence-corrected chi connectivity index (χ1v) is 7.37. The molecule has 0 amide bonds. The molecular formula is C12H11BrClN3S. The van der Waals surface area contributed by atoms with Crippen molar-refractivity contribution >= 4 is 45.1 Å². The maximum atomic E-state index is 5.86. The molecule has 0 bridgehead atoms. The summed E-state index contributed by atoms with van der Waals surface area (Å²) >= 11 is 10.9. The van der Waals surface area contributed by atoms with Crippen molar-refractivity contribution in [2.45, 2.75) is 16.8 Å². The van der Waals surface area contributed by atoms with Crippen LogP contribution in [-0.4, -0.2) is 16.5 Å². The van der Waals surface area contributed by atoms with Crippen LogP contribution in [0.25, 0.3) is 0 Å². The Morgan fingerprint density at radius 1 is 1.28 bits per heavy atom. The summed E-state index contributed by atoms with van der Waals surface area (Å²) in [5.41, 5.74) is 0. The molecule has 2 aromatic rings. The quantitative estimate of drug-likeness (QED) is 0.830. The summed E-state index contributed by atoms with van der Waals surface area (Å²) in [6, 6.07) is 7.66. The number of hydrogen-bond acceptors (Lipinski definition) is 4. The van der Waals surface area contributed by atoms with Crippen molar-refractivity contribution in [3.8, 4) is 0 Å². The summed E-state index contributed by atoms with van der Waals surface area (Å²) in [7, 11) is 0. The Hall–Kier alpha value is -0.780. The fourth-order valence-electron chi connectivity index (χ4n) is 1.33. The van der Waals surface area contributed by atoms with E-state index >= 15 is 0 Å². The Bertz CT molecular complexity index is 533. The molecule has 0 aliphatic rings. The molecule has 0 aliphatic heterocycles. The lowest BCUT2D eigenvalue weighted by Crippen LogP contribution is -2.01. The number of nitrogens with one attached hydrogen (secondary N) is 1. The van der Waals surface area contributed by atoms with Crippen molar-refractivity contribution in [1.29, 1.82) is 0 Å². The molecule has 0 saturated carbocycles. The minimum absolute atomic E-state index is 0.731. The van der Waals surface area contributed by atoms with Crippen molar-refractivity contribution in [2.24, 2.45) is 0 Å². The third kappa shape index (κ3) is 3.37. The normalized spacial score (nSPS) is 10.4. The van der Waals surface area contributed by atoms with Crippen LogP contribution in [0.1, 0.15) is 6.92 Å². The summed E-state index contributed by atoms with van der Waals surface area (Å²) in [5.74, 6) is 0.809. The van der Waals surface area contributed by atoms with Gasteiger partial charge in [-0.15, -0.1) is 0 Å². The van der Waals surface area contributed by atoms with Crippen molar-refractivity contribution in [1.82, 2.24) is 9.97 Å². The zero-order valence-corrected chi connectivity index (χ0v) is 12.8. The number of anilines is 1. The molecule has 6 heteroatoms. The third-order valence-electron chi connectivity index (χ3n) is 2.13. The number of benzene rings is 1. The van der Waals surface area contributed by atoms with Gasteiger partial charge in [-0.1, -0.05) is 23.4 Å². The van der Waals surface area contributed by atoms with Crippen LogP contribution >= 0.6 is 39.3 Å². The predicted molar refractivity (Wildman–Crippen MR) is 79.5 cm³/mol. The van der Waals surface area contributed by atoms with Crippen LogP contribution in [0, 0.1) is 0 Å². The first kappa shape index (κ1) is 13.6. The van der Waals surface area contributed by atoms with E-state index in [1.807, 2.05) is 31.2 Å². The highest BCUT2D eigenvalue weighted by atomic mass is 79.9. The second-order valence-corrected chi connectivity index (χ2v) is 5.72. The molecule has 0 spiro atoms. The topological polar surface area (TPSA) is 37.8 Å². The lowest BCUT2D eigenvalue weighted by molar-refractivity contribution is 1.01. The lowest BCUT2D eigenvalue weighted by Gasteiger charge is -2.08. The van der Waals surface area contributed by atoms with Crippen LogP contribution in [0.15, 0.2) is 45.0 Å². The molecule has 18 heavy (non-hydrogen) atoms. The number of rotatable bonds is 4. The van der Waals surface area contributed by atoms with E-state index in [4.69, 9.17) is 11.6 Å². The Morgan fingerprint density at radius 2 is 2.00 bits per heavy atom. The van der Waals surface area contributed by atoms with Crippen LogP contribution in [0.4, 0.5) is 5.82 Å². The molecule has 0 unspecified atom stereocenters. The standard InChI is InChI=1S/C12H11BrClN3S/c1-2-15-11-10(13)12(17-7-16-11)18-9-5-3-8(14)4-6-9/h3-7H,2H2,1H3,(H,15,16,17). The minimum atomic E-state index is 0.731. The number of hydrogen-bond donors (Lipinski definition) is 1. The monoisotopic (exact) mass is 343 g/mol. The molecule has 0 fully saturated rings. The van der Waals surface area contributed by atoms with Gasteiger partial charge in [-0.05, 0) is 47.1 Å². The number of aromatic nitrogens is 2. The summed E-state index contributed by atoms with van der Waals surface area (Å²) in [4.78, 5) is 9.54. The Kier molecular flexibility index (Phi) is 4.86. The van der Waals surface area contributed by atoms with Crippen LogP contribution in [0.3, 0.4) is 0 Å². The second kappa shape index (κ2) is 6.41. The van der Waals surface area contributed by atoms with E-state index in [9.17, 15) is 0 Å². The van der Waals surface area contributed by atoms with E-state index in [2.05, 4.69) is 31.2 Å². The van der Waals surface area contributed by atoms with Crippen LogP contribution in [-0.2, 0) is 0 Å². The molecule has 0 aliphatic carbocycles. The molecule has 3 nitrogen and oxygen atoms in total. The van der Waals surface area contributed by atoms with Gasteiger partial charge in [0.05, 0.1) is 4.47 Å². The molecule has 1 aromatic carbocycles. The van der Waals surface area contributed by atoms with Gasteiger partial charge < -0.3 is 5.32 Å². The molecule has 94 valence electrons. The maximum Gasteiger partial charge on any atom is 0.144 e. The van der Waals surface area contributed by atoms with Gasteiger partial charge in [0.15, 0.2) is 0 Å². The Labute approximate surface area is 124 Å². The lowest BCUT2D eigenvalue weighted by atomic mass is 10.4. The molecule has 0 atom stereocenters. The van der Waals surface area contributed by atoms with Crippen molar-refractivity contribution in [2.75, 3.05) is 11.9 Å². The smallest absolute Gasteiger partial charge is 0.144 e. The minimum Gasteiger partial charge on any atom is -0.369 e.